The summed E-state index contributed by atoms with van der Waals surface area (Å²) in [6.07, 6.45) is 0.622. The second kappa shape index (κ2) is 7.40. The summed E-state index contributed by atoms with van der Waals surface area (Å²) in [7, 11) is -2.94. The lowest BCUT2D eigenvalue weighted by molar-refractivity contribution is 0.102. The number of aryl methyl sites for hydroxylation is 1. The molecule has 2 aromatic rings. The lowest BCUT2D eigenvalue weighted by Crippen LogP contribution is -2.14. The van der Waals surface area contributed by atoms with Crippen molar-refractivity contribution < 1.29 is 13.2 Å². The Morgan fingerprint density at radius 1 is 1.24 bits per heavy atom. The zero-order valence-corrected chi connectivity index (χ0v) is 16.0. The van der Waals surface area contributed by atoms with Gasteiger partial charge in [0.1, 0.15) is 0 Å². The molecule has 1 fully saturated rings. The van der Waals surface area contributed by atoms with Crippen LogP contribution in [0.5, 0.6) is 0 Å². The van der Waals surface area contributed by atoms with Crippen molar-refractivity contribution in [3.63, 3.8) is 0 Å². The summed E-state index contributed by atoms with van der Waals surface area (Å²) in [6.45, 7) is 1.90. The van der Waals surface area contributed by atoms with E-state index in [0.717, 1.165) is 10.5 Å². The number of rotatable bonds is 4. The number of carbonyl (C=O) groups is 1. The number of amides is 1. The summed E-state index contributed by atoms with van der Waals surface area (Å²) >= 11 is 7.56. The molecule has 4 nitrogen and oxygen atoms in total. The molecular weight excluding hydrogens is 378 g/mol. The topological polar surface area (TPSA) is 63.2 Å². The van der Waals surface area contributed by atoms with Gasteiger partial charge in [-0.2, -0.15) is 0 Å². The maximum Gasteiger partial charge on any atom is 0.256 e. The molecule has 2 aromatic carbocycles. The molecule has 132 valence electrons. The molecule has 0 aromatic heterocycles. The largest absolute Gasteiger partial charge is 0.322 e. The van der Waals surface area contributed by atoms with Gasteiger partial charge in [-0.1, -0.05) is 29.8 Å². The summed E-state index contributed by atoms with van der Waals surface area (Å²) < 4.78 is 23.3. The van der Waals surface area contributed by atoms with Crippen LogP contribution in [0.3, 0.4) is 0 Å². The smallest absolute Gasteiger partial charge is 0.256 e. The minimum Gasteiger partial charge on any atom is -0.322 e. The number of hydrogen-bond acceptors (Lipinski definition) is 4. The Balaban J connectivity index is 1.77. The lowest BCUT2D eigenvalue weighted by atomic mass is 10.2. The van der Waals surface area contributed by atoms with Crippen LogP contribution in [0, 0.1) is 6.92 Å². The summed E-state index contributed by atoms with van der Waals surface area (Å²) in [6, 6.07) is 12.6. The number of nitrogens with one attached hydrogen (secondary N) is 1. The number of thioether (sulfide) groups is 1. The average molecular weight is 396 g/mol. The molecule has 1 saturated heterocycles. The SMILES string of the molecule is Cc1ccc(NC(=O)c2ccccc2S[C@@H]2CCS(=O)(=O)C2)cc1Cl. The van der Waals surface area contributed by atoms with E-state index in [4.69, 9.17) is 11.6 Å². The van der Waals surface area contributed by atoms with Crippen molar-refractivity contribution in [1.29, 1.82) is 0 Å². The molecule has 1 amide bonds. The normalized spacial score (nSPS) is 18.9. The van der Waals surface area contributed by atoms with E-state index in [1.165, 1.54) is 11.8 Å². The Bertz CT molecular complexity index is 912. The number of anilines is 1. The van der Waals surface area contributed by atoms with Crippen LogP contribution in [0.4, 0.5) is 5.69 Å². The third kappa shape index (κ3) is 4.57. The van der Waals surface area contributed by atoms with Gasteiger partial charge in [0.25, 0.3) is 5.91 Å². The Hall–Kier alpha value is -1.50. The van der Waals surface area contributed by atoms with Crippen molar-refractivity contribution in [3.05, 3.63) is 58.6 Å². The van der Waals surface area contributed by atoms with Gasteiger partial charge in [0.2, 0.25) is 0 Å². The Labute approximate surface area is 156 Å². The van der Waals surface area contributed by atoms with Crippen molar-refractivity contribution in [2.45, 2.75) is 23.5 Å². The van der Waals surface area contributed by atoms with E-state index in [-0.39, 0.29) is 22.7 Å². The highest BCUT2D eigenvalue weighted by Crippen LogP contribution is 2.33. The van der Waals surface area contributed by atoms with Crippen LogP contribution in [0.15, 0.2) is 47.4 Å². The fourth-order valence-corrected chi connectivity index (χ4v) is 6.47. The van der Waals surface area contributed by atoms with Gasteiger partial charge >= 0.3 is 0 Å². The van der Waals surface area contributed by atoms with Gasteiger partial charge in [-0.05, 0) is 43.2 Å². The minimum absolute atomic E-state index is 0.00670. The monoisotopic (exact) mass is 395 g/mol. The average Bonchev–Trinajstić information content (AvgIpc) is 2.90. The molecule has 3 rings (SSSR count). The zero-order chi connectivity index (χ0) is 18.0. The maximum absolute atomic E-state index is 12.6. The van der Waals surface area contributed by atoms with Crippen molar-refractivity contribution in [1.82, 2.24) is 0 Å². The molecule has 1 aliphatic rings. The second-order valence-corrected chi connectivity index (χ2v) is 10.0. The molecule has 25 heavy (non-hydrogen) atoms. The van der Waals surface area contributed by atoms with Gasteiger partial charge in [0, 0.05) is 20.9 Å². The number of sulfone groups is 1. The van der Waals surface area contributed by atoms with Crippen molar-refractivity contribution in [2.75, 3.05) is 16.8 Å². The van der Waals surface area contributed by atoms with Gasteiger partial charge in [-0.3, -0.25) is 4.79 Å². The molecule has 0 spiro atoms. The number of hydrogen-bond donors (Lipinski definition) is 1. The first kappa shape index (κ1) is 18.3. The first-order chi connectivity index (χ1) is 11.8. The molecule has 1 aliphatic heterocycles. The number of halogens is 1. The Morgan fingerprint density at radius 3 is 2.68 bits per heavy atom. The molecule has 0 bridgehead atoms. The van der Waals surface area contributed by atoms with Crippen molar-refractivity contribution in [2.24, 2.45) is 0 Å². The number of benzene rings is 2. The predicted octanol–water partition coefficient (Wildman–Crippen LogP) is 4.18. The fourth-order valence-electron chi connectivity index (χ4n) is 2.66. The van der Waals surface area contributed by atoms with Gasteiger partial charge < -0.3 is 5.32 Å². The zero-order valence-electron chi connectivity index (χ0n) is 13.7. The quantitative estimate of drug-likeness (QED) is 0.843. The van der Waals surface area contributed by atoms with Crippen LogP contribution in [-0.4, -0.2) is 31.1 Å². The van der Waals surface area contributed by atoms with Crippen LogP contribution >= 0.6 is 23.4 Å². The van der Waals surface area contributed by atoms with Crippen molar-refractivity contribution >= 4 is 44.8 Å². The third-order valence-electron chi connectivity index (χ3n) is 4.05. The lowest BCUT2D eigenvalue weighted by Gasteiger charge is -2.13. The van der Waals surface area contributed by atoms with E-state index in [1.54, 1.807) is 24.3 Å². The molecular formula is C18H18ClNO3S2. The highest BCUT2D eigenvalue weighted by molar-refractivity contribution is 8.02. The standard InChI is InChI=1S/C18H18ClNO3S2/c1-12-6-7-13(10-16(12)19)20-18(21)15-4-2-3-5-17(15)24-14-8-9-25(22,23)11-14/h2-7,10,14H,8-9,11H2,1H3,(H,20,21)/t14-/m1/s1. The molecule has 7 heteroatoms. The van der Waals surface area contributed by atoms with E-state index in [2.05, 4.69) is 5.32 Å². The summed E-state index contributed by atoms with van der Waals surface area (Å²) in [5.74, 6) is 0.158. The Morgan fingerprint density at radius 2 is 2.00 bits per heavy atom. The van der Waals surface area contributed by atoms with E-state index in [9.17, 15) is 13.2 Å². The maximum atomic E-state index is 12.6. The van der Waals surface area contributed by atoms with Gasteiger partial charge in [-0.15, -0.1) is 11.8 Å². The van der Waals surface area contributed by atoms with Crippen LogP contribution in [-0.2, 0) is 9.84 Å². The van der Waals surface area contributed by atoms with Gasteiger partial charge in [0.05, 0.1) is 17.1 Å². The van der Waals surface area contributed by atoms with Crippen LogP contribution in [0.1, 0.15) is 22.3 Å². The molecule has 0 saturated carbocycles. The fraction of sp³-hybridized carbons (Fsp3) is 0.278. The molecule has 0 radical (unpaired) electrons. The molecule has 0 aliphatic carbocycles. The first-order valence-electron chi connectivity index (χ1n) is 7.88. The van der Waals surface area contributed by atoms with Crippen LogP contribution in [0.25, 0.3) is 0 Å². The highest BCUT2D eigenvalue weighted by Gasteiger charge is 2.29. The molecule has 1 N–H and O–H groups in total. The van der Waals surface area contributed by atoms with Crippen molar-refractivity contribution in [3.8, 4) is 0 Å². The first-order valence-corrected chi connectivity index (χ1v) is 11.0. The van der Waals surface area contributed by atoms with Crippen LogP contribution in [0.2, 0.25) is 5.02 Å². The van der Waals surface area contributed by atoms with E-state index in [0.29, 0.717) is 22.7 Å². The van der Waals surface area contributed by atoms with E-state index < -0.39 is 9.84 Å². The second-order valence-electron chi connectivity index (χ2n) is 6.06. The summed E-state index contributed by atoms with van der Waals surface area (Å²) in [4.78, 5) is 13.4. The van der Waals surface area contributed by atoms with E-state index >= 15 is 0 Å². The highest BCUT2D eigenvalue weighted by atomic mass is 35.5. The van der Waals surface area contributed by atoms with Gasteiger partial charge in [0.15, 0.2) is 9.84 Å². The molecule has 0 unspecified atom stereocenters. The predicted molar refractivity (Wildman–Crippen MR) is 104 cm³/mol. The molecule has 1 heterocycles. The van der Waals surface area contributed by atoms with Gasteiger partial charge in [-0.25, -0.2) is 8.42 Å². The minimum atomic E-state index is -2.94. The van der Waals surface area contributed by atoms with E-state index in [1.807, 2.05) is 25.1 Å². The van der Waals surface area contributed by atoms with Crippen LogP contribution < -0.4 is 5.32 Å². The third-order valence-corrected chi connectivity index (χ3v) is 7.78. The Kier molecular flexibility index (Phi) is 5.41. The number of carbonyl (C=O) groups excluding carboxylic acids is 1. The summed E-state index contributed by atoms with van der Waals surface area (Å²) in [5.41, 5.74) is 2.11. The summed E-state index contributed by atoms with van der Waals surface area (Å²) in [5, 5.41) is 3.44. The molecule has 1 atom stereocenters.